The maximum atomic E-state index is 12.3. The first-order valence-corrected chi connectivity index (χ1v) is 8.62. The molecule has 150 valence electrons. The molecular weight excluding hydrogens is 366 g/mol. The van der Waals surface area contributed by atoms with Gasteiger partial charge in [0.05, 0.1) is 11.0 Å². The molecule has 0 radical (unpaired) electrons. The minimum atomic E-state index is -0.758. The fourth-order valence-electron chi connectivity index (χ4n) is 3.04. The van der Waals surface area contributed by atoms with Crippen molar-refractivity contribution in [1.29, 1.82) is 0 Å². The van der Waals surface area contributed by atoms with Crippen LogP contribution in [0.5, 0.6) is 0 Å². The summed E-state index contributed by atoms with van der Waals surface area (Å²) in [5.74, 6) is -1.45. The molecule has 1 atom stereocenters. The number of nitrogens with zero attached hydrogens (tertiary/aromatic N) is 1. The van der Waals surface area contributed by atoms with E-state index < -0.39 is 29.5 Å². The van der Waals surface area contributed by atoms with E-state index in [1.54, 1.807) is 34.6 Å². The molecule has 0 saturated carbocycles. The molecule has 0 fully saturated rings. The van der Waals surface area contributed by atoms with Gasteiger partial charge in [0.1, 0.15) is 11.4 Å². The Morgan fingerprint density at radius 2 is 1.86 bits per heavy atom. The van der Waals surface area contributed by atoms with E-state index in [0.717, 1.165) is 11.1 Å². The van der Waals surface area contributed by atoms with Crippen LogP contribution in [0.3, 0.4) is 0 Å². The molecule has 9 heteroatoms. The molecule has 1 unspecified atom stereocenters. The Kier molecular flexibility index (Phi) is 6.19. The van der Waals surface area contributed by atoms with E-state index in [1.807, 2.05) is 0 Å². The van der Waals surface area contributed by atoms with E-state index in [4.69, 9.17) is 4.74 Å². The summed E-state index contributed by atoms with van der Waals surface area (Å²) in [6.07, 6.45) is -0.758. The molecule has 1 aromatic heterocycles. The predicted octanol–water partition coefficient (Wildman–Crippen LogP) is 3.01. The van der Waals surface area contributed by atoms with Gasteiger partial charge >= 0.3 is 5.97 Å². The molecule has 2 rings (SSSR count). The van der Waals surface area contributed by atoms with Gasteiger partial charge in [-0.1, -0.05) is 0 Å². The molecule has 3 N–H and O–H groups in total. The number of H-pyrrole nitrogens is 1. The fraction of sp³-hybridized carbons (Fsp3) is 0.368. The monoisotopic (exact) mass is 389 g/mol. The zero-order valence-corrected chi connectivity index (χ0v) is 16.4. The summed E-state index contributed by atoms with van der Waals surface area (Å²) >= 11 is 0. The van der Waals surface area contributed by atoms with Crippen molar-refractivity contribution >= 4 is 23.3 Å². The second-order valence-electron chi connectivity index (χ2n) is 6.67. The number of nitrogens with one attached hydrogen (secondary N) is 2. The molecule has 1 heterocycles. The number of anilines is 1. The van der Waals surface area contributed by atoms with Crippen LogP contribution in [0.25, 0.3) is 0 Å². The third kappa shape index (κ3) is 4.37. The Morgan fingerprint density at radius 3 is 2.39 bits per heavy atom. The quantitative estimate of drug-likeness (QED) is 0.395. The molecule has 0 bridgehead atoms. The number of aryl methyl sites for hydroxylation is 3. The highest BCUT2D eigenvalue weighted by molar-refractivity contribution is 5.97. The molecule has 0 aliphatic heterocycles. The molecular formula is C19H23N3O6. The fourth-order valence-corrected chi connectivity index (χ4v) is 3.04. The van der Waals surface area contributed by atoms with Crippen LogP contribution < -0.4 is 5.32 Å². The van der Waals surface area contributed by atoms with E-state index >= 15 is 0 Å². The van der Waals surface area contributed by atoms with Crippen LogP contribution in [0.4, 0.5) is 11.4 Å². The number of hydrogen-bond donors (Lipinski definition) is 3. The lowest BCUT2D eigenvalue weighted by atomic mass is 10.1. The van der Waals surface area contributed by atoms with Crippen molar-refractivity contribution in [2.45, 2.75) is 40.7 Å². The molecule has 28 heavy (non-hydrogen) atoms. The number of carbonyl (C=O) groups is 2. The topological polar surface area (TPSA) is 135 Å². The zero-order chi connectivity index (χ0) is 21.2. The van der Waals surface area contributed by atoms with E-state index in [1.165, 1.54) is 12.1 Å². The van der Waals surface area contributed by atoms with Crippen molar-refractivity contribution in [2.24, 2.45) is 0 Å². The van der Waals surface area contributed by atoms with Gasteiger partial charge in [-0.15, -0.1) is 0 Å². The van der Waals surface area contributed by atoms with Gasteiger partial charge in [-0.05, 0) is 57.4 Å². The normalized spacial score (nSPS) is 11.8. The SMILES string of the molecule is Cc1cc(NC(=O)COC(=O)c2[nH]c(C)c(C(C)O)c2C)c([N+](=O)[O-])cc1C. The van der Waals surface area contributed by atoms with Crippen molar-refractivity contribution in [3.8, 4) is 0 Å². The van der Waals surface area contributed by atoms with Crippen molar-refractivity contribution in [2.75, 3.05) is 11.9 Å². The number of rotatable bonds is 6. The average Bonchev–Trinajstić information content (AvgIpc) is 2.90. The highest BCUT2D eigenvalue weighted by atomic mass is 16.6. The number of aromatic nitrogens is 1. The number of hydrogen-bond acceptors (Lipinski definition) is 6. The summed E-state index contributed by atoms with van der Waals surface area (Å²) in [5, 5.41) is 23.4. The second-order valence-corrected chi connectivity index (χ2v) is 6.67. The lowest BCUT2D eigenvalue weighted by Crippen LogP contribution is -2.22. The molecule has 1 amide bonds. The Balaban J connectivity index is 2.10. The van der Waals surface area contributed by atoms with Gasteiger partial charge in [0.25, 0.3) is 11.6 Å². The molecule has 0 aliphatic rings. The number of aliphatic hydroxyl groups excluding tert-OH is 1. The second kappa shape index (κ2) is 8.22. The largest absolute Gasteiger partial charge is 0.451 e. The van der Waals surface area contributed by atoms with E-state index in [0.29, 0.717) is 16.8 Å². The van der Waals surface area contributed by atoms with Crippen molar-refractivity contribution in [3.05, 3.63) is 55.9 Å². The van der Waals surface area contributed by atoms with E-state index in [9.17, 15) is 24.8 Å². The summed E-state index contributed by atoms with van der Waals surface area (Å²) in [7, 11) is 0. The van der Waals surface area contributed by atoms with Gasteiger partial charge in [-0.3, -0.25) is 14.9 Å². The molecule has 0 saturated heterocycles. The van der Waals surface area contributed by atoms with E-state index in [2.05, 4.69) is 10.3 Å². The Morgan fingerprint density at radius 1 is 1.25 bits per heavy atom. The molecule has 0 spiro atoms. The summed E-state index contributed by atoms with van der Waals surface area (Å²) < 4.78 is 5.01. The molecule has 2 aromatic rings. The van der Waals surface area contributed by atoms with E-state index in [-0.39, 0.29) is 17.1 Å². The number of aromatic amines is 1. The maximum absolute atomic E-state index is 12.3. The Hall–Kier alpha value is -3.20. The first-order valence-electron chi connectivity index (χ1n) is 8.62. The number of carbonyl (C=O) groups excluding carboxylic acids is 2. The Bertz CT molecular complexity index is 946. The predicted molar refractivity (Wildman–Crippen MR) is 102 cm³/mol. The van der Waals surface area contributed by atoms with Crippen molar-refractivity contribution in [1.82, 2.24) is 4.98 Å². The lowest BCUT2D eigenvalue weighted by Gasteiger charge is -2.09. The summed E-state index contributed by atoms with van der Waals surface area (Å²) in [5.41, 5.74) is 3.24. The van der Waals surface area contributed by atoms with Crippen LogP contribution in [-0.2, 0) is 9.53 Å². The van der Waals surface area contributed by atoms with Gasteiger partial charge in [-0.2, -0.15) is 0 Å². The summed E-state index contributed by atoms with van der Waals surface area (Å²) in [6, 6.07) is 2.88. The van der Waals surface area contributed by atoms with Crippen LogP contribution >= 0.6 is 0 Å². The molecule has 1 aromatic carbocycles. The van der Waals surface area contributed by atoms with Crippen molar-refractivity contribution in [3.63, 3.8) is 0 Å². The molecule has 9 nitrogen and oxygen atoms in total. The zero-order valence-electron chi connectivity index (χ0n) is 16.4. The number of nitro groups is 1. The van der Waals surface area contributed by atoms with Gasteiger partial charge in [0.15, 0.2) is 6.61 Å². The van der Waals surface area contributed by atoms with Crippen LogP contribution in [0.15, 0.2) is 12.1 Å². The van der Waals surface area contributed by atoms with Crippen LogP contribution in [0.1, 0.15) is 51.5 Å². The average molecular weight is 389 g/mol. The van der Waals surface area contributed by atoms with Crippen molar-refractivity contribution < 1.29 is 24.4 Å². The molecule has 0 aliphatic carbocycles. The maximum Gasteiger partial charge on any atom is 0.355 e. The number of nitro benzene ring substituents is 1. The summed E-state index contributed by atoms with van der Waals surface area (Å²) in [4.78, 5) is 37.8. The van der Waals surface area contributed by atoms with Gasteiger partial charge < -0.3 is 20.1 Å². The number of aliphatic hydroxyl groups is 1. The number of ether oxygens (including phenoxy) is 1. The lowest BCUT2D eigenvalue weighted by molar-refractivity contribution is -0.384. The van der Waals surface area contributed by atoms with Gasteiger partial charge in [0, 0.05) is 17.3 Å². The Labute approximate surface area is 161 Å². The number of benzene rings is 1. The highest BCUT2D eigenvalue weighted by Crippen LogP contribution is 2.28. The van der Waals surface area contributed by atoms with Gasteiger partial charge in [-0.25, -0.2) is 4.79 Å². The standard InChI is InChI=1S/C19H23N3O6/c1-9-6-14(15(22(26)27)7-10(9)2)21-16(24)8-28-19(25)18-11(3)17(13(5)23)12(4)20-18/h6-7,13,20,23H,8H2,1-5H3,(H,21,24). The number of esters is 1. The minimum Gasteiger partial charge on any atom is -0.451 e. The third-order valence-corrected chi connectivity index (χ3v) is 4.53. The van der Waals surface area contributed by atoms with Crippen LogP contribution in [0, 0.1) is 37.8 Å². The summed E-state index contributed by atoms with van der Waals surface area (Å²) in [6.45, 7) is 7.87. The number of amides is 1. The third-order valence-electron chi connectivity index (χ3n) is 4.53. The van der Waals surface area contributed by atoms with Crippen LogP contribution in [-0.4, -0.2) is 33.5 Å². The first kappa shape index (κ1) is 21.1. The minimum absolute atomic E-state index is 0.0393. The highest BCUT2D eigenvalue weighted by Gasteiger charge is 2.22. The first-order chi connectivity index (χ1) is 13.0. The smallest absolute Gasteiger partial charge is 0.355 e. The van der Waals surface area contributed by atoms with Gasteiger partial charge in [0.2, 0.25) is 0 Å². The van der Waals surface area contributed by atoms with Crippen LogP contribution in [0.2, 0.25) is 0 Å².